The third-order valence-corrected chi connectivity index (χ3v) is 5.04. The zero-order valence-corrected chi connectivity index (χ0v) is 14.0. The summed E-state index contributed by atoms with van der Waals surface area (Å²) in [5, 5.41) is 10.2. The van der Waals surface area contributed by atoms with E-state index in [9.17, 15) is 4.79 Å². The van der Waals surface area contributed by atoms with Gasteiger partial charge in [-0.25, -0.2) is 4.68 Å². The summed E-state index contributed by atoms with van der Waals surface area (Å²) in [6.45, 7) is 4.38. The number of amides is 1. The van der Waals surface area contributed by atoms with E-state index in [0.29, 0.717) is 24.2 Å². The third-order valence-electron chi connectivity index (χ3n) is 4.18. The fourth-order valence-electron chi connectivity index (χ4n) is 2.99. The first kappa shape index (κ1) is 15.2. The van der Waals surface area contributed by atoms with E-state index in [1.165, 1.54) is 4.88 Å². The van der Waals surface area contributed by atoms with Gasteiger partial charge in [-0.05, 0) is 31.5 Å². The molecule has 0 N–H and O–H groups in total. The highest BCUT2D eigenvalue weighted by atomic mass is 32.1. The van der Waals surface area contributed by atoms with Gasteiger partial charge in [0.05, 0.1) is 12.7 Å². The number of hydrogen-bond acceptors (Lipinski definition) is 5. The molecule has 1 amide bonds. The molecule has 6 nitrogen and oxygen atoms in total. The van der Waals surface area contributed by atoms with Crippen molar-refractivity contribution < 1.29 is 4.79 Å². The number of aromatic nitrogens is 3. The number of likely N-dealkylation sites (tertiary alicyclic amines) is 1. The van der Waals surface area contributed by atoms with Crippen molar-refractivity contribution in [1.29, 1.82) is 0 Å². The van der Waals surface area contributed by atoms with Crippen LogP contribution in [0.2, 0.25) is 0 Å². The lowest BCUT2D eigenvalue weighted by Crippen LogP contribution is -2.35. The Hall–Kier alpha value is -1.73. The smallest absolute Gasteiger partial charge is 0.276 e. The molecule has 2 aromatic heterocycles. The van der Waals surface area contributed by atoms with Gasteiger partial charge >= 0.3 is 0 Å². The largest absolute Gasteiger partial charge is 0.335 e. The highest BCUT2D eigenvalue weighted by Crippen LogP contribution is 2.21. The van der Waals surface area contributed by atoms with E-state index in [1.54, 1.807) is 22.2 Å². The van der Waals surface area contributed by atoms with Crippen molar-refractivity contribution in [3.05, 3.63) is 34.3 Å². The molecule has 22 heavy (non-hydrogen) atoms. The molecule has 1 saturated heterocycles. The van der Waals surface area contributed by atoms with E-state index in [-0.39, 0.29) is 5.91 Å². The molecule has 1 aliphatic rings. The van der Waals surface area contributed by atoms with Gasteiger partial charge in [0.15, 0.2) is 5.69 Å². The molecule has 0 spiro atoms. The highest BCUT2D eigenvalue weighted by molar-refractivity contribution is 7.09. The second-order valence-corrected chi connectivity index (χ2v) is 7.13. The first-order valence-electron chi connectivity index (χ1n) is 7.43. The maximum absolute atomic E-state index is 12.6. The minimum Gasteiger partial charge on any atom is -0.335 e. The average molecular weight is 319 g/mol. The fraction of sp³-hybridized carbons (Fsp3) is 0.533. The molecule has 0 aromatic carbocycles. The van der Waals surface area contributed by atoms with Crippen LogP contribution in [-0.2, 0) is 6.54 Å². The quantitative estimate of drug-likeness (QED) is 0.855. The average Bonchev–Trinajstić information content (AvgIpc) is 3.19. The van der Waals surface area contributed by atoms with Crippen LogP contribution in [0.15, 0.2) is 23.7 Å². The van der Waals surface area contributed by atoms with Crippen LogP contribution in [0.3, 0.4) is 0 Å². The Bertz CT molecular complexity index is 636. The second-order valence-electron chi connectivity index (χ2n) is 6.10. The van der Waals surface area contributed by atoms with Crippen LogP contribution in [0.5, 0.6) is 0 Å². The number of rotatable bonds is 4. The zero-order chi connectivity index (χ0) is 15.7. The Morgan fingerprint density at radius 2 is 2.27 bits per heavy atom. The lowest BCUT2D eigenvalue weighted by molar-refractivity contribution is 0.0775. The summed E-state index contributed by atoms with van der Waals surface area (Å²) in [5.74, 6) is 0.453. The van der Waals surface area contributed by atoms with Gasteiger partial charge in [0.2, 0.25) is 0 Å². The summed E-state index contributed by atoms with van der Waals surface area (Å²) in [5.41, 5.74) is 0.433. The van der Waals surface area contributed by atoms with Crippen LogP contribution in [0.4, 0.5) is 0 Å². The van der Waals surface area contributed by atoms with Crippen molar-refractivity contribution in [2.45, 2.75) is 19.5 Å². The Morgan fingerprint density at radius 1 is 1.45 bits per heavy atom. The number of likely N-dealkylation sites (N-methyl/N-ethyl adjacent to an activating group) is 1. The van der Waals surface area contributed by atoms with Crippen LogP contribution >= 0.6 is 11.3 Å². The lowest BCUT2D eigenvalue weighted by Gasteiger charge is -2.22. The summed E-state index contributed by atoms with van der Waals surface area (Å²) in [6, 6.07) is 4.47. The van der Waals surface area contributed by atoms with Gasteiger partial charge in [0.25, 0.3) is 5.91 Å². The Kier molecular flexibility index (Phi) is 4.26. The molecule has 7 heteroatoms. The van der Waals surface area contributed by atoms with Crippen molar-refractivity contribution in [2.75, 3.05) is 27.2 Å². The van der Waals surface area contributed by atoms with Gasteiger partial charge in [-0.3, -0.25) is 4.79 Å². The van der Waals surface area contributed by atoms with Crippen molar-refractivity contribution in [2.24, 2.45) is 5.92 Å². The summed E-state index contributed by atoms with van der Waals surface area (Å²) >= 11 is 1.68. The topological polar surface area (TPSA) is 54.3 Å². The standard InChI is InChI=1S/C15H21N5OS/c1-11-7-19(10-14(11)18(2)3)15(21)13-9-20(17-16-13)8-12-5-4-6-22-12/h4-6,9,11,14H,7-8,10H2,1-3H3. The normalized spacial score (nSPS) is 21.7. The predicted octanol–water partition coefficient (Wildman–Crippen LogP) is 1.41. The van der Waals surface area contributed by atoms with Gasteiger partial charge in [-0.2, -0.15) is 0 Å². The molecular formula is C15H21N5OS. The third kappa shape index (κ3) is 3.05. The minimum atomic E-state index is -0.0198. The van der Waals surface area contributed by atoms with Crippen LogP contribution in [0.25, 0.3) is 0 Å². The van der Waals surface area contributed by atoms with E-state index in [4.69, 9.17) is 0 Å². The summed E-state index contributed by atoms with van der Waals surface area (Å²) in [7, 11) is 4.12. The van der Waals surface area contributed by atoms with Gasteiger partial charge < -0.3 is 9.80 Å². The SMILES string of the molecule is CC1CN(C(=O)c2cn(Cc3cccs3)nn2)CC1N(C)C. The van der Waals surface area contributed by atoms with E-state index in [2.05, 4.69) is 42.3 Å². The first-order valence-corrected chi connectivity index (χ1v) is 8.31. The van der Waals surface area contributed by atoms with Gasteiger partial charge in [-0.1, -0.05) is 18.2 Å². The molecule has 2 unspecified atom stereocenters. The number of carbonyl (C=O) groups is 1. The first-order chi connectivity index (χ1) is 10.5. The lowest BCUT2D eigenvalue weighted by atomic mass is 10.1. The number of nitrogens with zero attached hydrogens (tertiary/aromatic N) is 5. The van der Waals surface area contributed by atoms with Gasteiger partial charge in [0.1, 0.15) is 0 Å². The van der Waals surface area contributed by atoms with Gasteiger partial charge in [-0.15, -0.1) is 16.4 Å². The molecule has 0 aliphatic carbocycles. The fourth-order valence-corrected chi connectivity index (χ4v) is 3.68. The summed E-state index contributed by atoms with van der Waals surface area (Å²) in [4.78, 5) is 17.8. The Labute approximate surface area is 134 Å². The molecule has 118 valence electrons. The maximum Gasteiger partial charge on any atom is 0.276 e. The zero-order valence-electron chi connectivity index (χ0n) is 13.1. The predicted molar refractivity (Wildman–Crippen MR) is 86.0 cm³/mol. The van der Waals surface area contributed by atoms with Crippen LogP contribution in [0.1, 0.15) is 22.3 Å². The van der Waals surface area contributed by atoms with E-state index < -0.39 is 0 Å². The van der Waals surface area contributed by atoms with Gasteiger partial charge in [0, 0.05) is 24.0 Å². The van der Waals surface area contributed by atoms with E-state index >= 15 is 0 Å². The van der Waals surface area contributed by atoms with E-state index in [0.717, 1.165) is 13.1 Å². The molecule has 1 aliphatic heterocycles. The maximum atomic E-state index is 12.6. The van der Waals surface area contributed by atoms with Crippen molar-refractivity contribution >= 4 is 17.2 Å². The molecule has 2 aromatic rings. The summed E-state index contributed by atoms with van der Waals surface area (Å²) < 4.78 is 1.72. The number of carbonyl (C=O) groups excluding carboxylic acids is 1. The van der Waals surface area contributed by atoms with Crippen molar-refractivity contribution in [3.63, 3.8) is 0 Å². The highest BCUT2D eigenvalue weighted by Gasteiger charge is 2.34. The van der Waals surface area contributed by atoms with Crippen LogP contribution in [-0.4, -0.2) is 63.9 Å². The molecular weight excluding hydrogens is 298 g/mol. The molecule has 0 saturated carbocycles. The number of thiophene rings is 1. The summed E-state index contributed by atoms with van der Waals surface area (Å²) in [6.07, 6.45) is 1.75. The van der Waals surface area contributed by atoms with Crippen LogP contribution in [0, 0.1) is 5.92 Å². The second kappa shape index (κ2) is 6.18. The Balaban J connectivity index is 1.67. The van der Waals surface area contributed by atoms with E-state index in [1.807, 2.05) is 16.3 Å². The number of hydrogen-bond donors (Lipinski definition) is 0. The van der Waals surface area contributed by atoms with Crippen molar-refractivity contribution in [1.82, 2.24) is 24.8 Å². The minimum absolute atomic E-state index is 0.0198. The Morgan fingerprint density at radius 3 is 2.91 bits per heavy atom. The molecule has 0 bridgehead atoms. The molecule has 0 radical (unpaired) electrons. The van der Waals surface area contributed by atoms with Crippen molar-refractivity contribution in [3.8, 4) is 0 Å². The molecule has 3 heterocycles. The monoisotopic (exact) mass is 319 g/mol. The van der Waals surface area contributed by atoms with Crippen LogP contribution < -0.4 is 0 Å². The molecule has 1 fully saturated rings. The molecule has 2 atom stereocenters. The molecule has 3 rings (SSSR count).